The maximum Gasteiger partial charge on any atom is 0.264 e. The summed E-state index contributed by atoms with van der Waals surface area (Å²) in [7, 11) is 4.11. The molecule has 0 aliphatic carbocycles. The summed E-state index contributed by atoms with van der Waals surface area (Å²) in [4.78, 5) is 11.8. The zero-order valence-corrected chi connectivity index (χ0v) is 16.3. The Morgan fingerprint density at radius 3 is 1.76 bits per heavy atom. The lowest BCUT2D eigenvalue weighted by molar-refractivity contribution is -0.925. The number of hydrogen-bond donors (Lipinski definition) is 1. The number of nitrogens with zero attached hydrogens (tertiary/aromatic N) is 1. The molecule has 0 fully saturated rings. The zero-order chi connectivity index (χ0) is 15.3. The van der Waals surface area contributed by atoms with Crippen molar-refractivity contribution in [3.63, 3.8) is 0 Å². The fraction of sp³-hybridized carbons (Fsp3) is 0.941. The number of halogens is 1. The molecular weight excluding hydrogens is 328 g/mol. The molecule has 0 atom stereocenters. The molecule has 0 aliphatic rings. The van der Waals surface area contributed by atoms with Crippen molar-refractivity contribution in [3.05, 3.63) is 0 Å². The van der Waals surface area contributed by atoms with Gasteiger partial charge in [0.1, 0.15) is 6.54 Å². The van der Waals surface area contributed by atoms with Gasteiger partial charge in [-0.3, -0.25) is 4.79 Å². The van der Waals surface area contributed by atoms with Gasteiger partial charge < -0.3 is 17.0 Å². The van der Waals surface area contributed by atoms with Crippen LogP contribution < -0.4 is 22.4 Å². The molecule has 1 N–H and O–H groups in total. The van der Waals surface area contributed by atoms with E-state index in [4.69, 9.17) is 0 Å². The van der Waals surface area contributed by atoms with E-state index >= 15 is 0 Å². The van der Waals surface area contributed by atoms with Gasteiger partial charge in [0.15, 0.2) is 0 Å². The van der Waals surface area contributed by atoms with Crippen LogP contribution in [0.15, 0.2) is 0 Å². The first-order valence-corrected chi connectivity index (χ1v) is 8.66. The summed E-state index contributed by atoms with van der Waals surface area (Å²) in [6, 6.07) is 0. The molecule has 0 aliphatic heterocycles. The van der Waals surface area contributed by atoms with Gasteiger partial charge in [-0.05, 0) is 12.8 Å². The second kappa shape index (κ2) is 14.8. The molecule has 0 unspecified atom stereocenters. The molecule has 0 heterocycles. The third-order valence-corrected chi connectivity index (χ3v) is 3.72. The molecule has 0 spiro atoms. The van der Waals surface area contributed by atoms with E-state index in [1.54, 1.807) is 0 Å². The van der Waals surface area contributed by atoms with E-state index in [2.05, 4.69) is 33.4 Å². The topological polar surface area (TPSA) is 29.1 Å². The van der Waals surface area contributed by atoms with Crippen molar-refractivity contribution < 1.29 is 26.4 Å². The van der Waals surface area contributed by atoms with Crippen LogP contribution in [0.3, 0.4) is 0 Å². The van der Waals surface area contributed by atoms with Gasteiger partial charge in [-0.1, -0.05) is 65.2 Å². The first kappa shape index (κ1) is 23.2. The molecule has 128 valence electrons. The first-order valence-electron chi connectivity index (χ1n) is 8.66. The average molecular weight is 365 g/mol. The Bertz CT molecular complexity index is 245. The second-order valence-electron chi connectivity index (χ2n) is 6.52. The summed E-state index contributed by atoms with van der Waals surface area (Å²) in [6.07, 6.45) is 13.5. The van der Waals surface area contributed by atoms with E-state index in [-0.39, 0.29) is 22.9 Å². The predicted molar refractivity (Wildman–Crippen MR) is 87.3 cm³/mol. The van der Waals surface area contributed by atoms with Gasteiger partial charge in [-0.25, -0.2) is 10.0 Å². The van der Waals surface area contributed by atoms with E-state index < -0.39 is 0 Å². The number of rotatable bonds is 13. The molecule has 0 saturated heterocycles. The summed E-state index contributed by atoms with van der Waals surface area (Å²) in [6.45, 7) is 5.39. The fourth-order valence-corrected chi connectivity index (χ4v) is 2.60. The minimum absolute atomic E-state index is 0. The molecule has 21 heavy (non-hydrogen) atoms. The van der Waals surface area contributed by atoms with Crippen LogP contribution in [0.4, 0.5) is 0 Å². The number of carbonyl (C=O) groups is 1. The Labute approximate surface area is 143 Å². The van der Waals surface area contributed by atoms with Gasteiger partial charge in [0.25, 0.3) is 5.91 Å². The van der Waals surface area contributed by atoms with Crippen molar-refractivity contribution >= 4 is 5.91 Å². The Balaban J connectivity index is 0. The van der Waals surface area contributed by atoms with Crippen molar-refractivity contribution in [1.29, 1.82) is 0 Å². The number of quaternary nitrogens is 1. The van der Waals surface area contributed by atoms with E-state index in [1.165, 1.54) is 51.4 Å². The van der Waals surface area contributed by atoms with Crippen molar-refractivity contribution in [2.75, 3.05) is 20.6 Å². The van der Waals surface area contributed by atoms with Gasteiger partial charge in [0.2, 0.25) is 0 Å². The third-order valence-electron chi connectivity index (χ3n) is 3.72. The summed E-state index contributed by atoms with van der Waals surface area (Å²) in [5.74, 6) is 0.200. The number of amides is 1. The Morgan fingerprint density at radius 2 is 1.29 bits per heavy atom. The highest BCUT2D eigenvalue weighted by molar-refractivity contribution is 5.74. The molecule has 0 rings (SSSR count). The van der Waals surface area contributed by atoms with Crippen LogP contribution >= 0.6 is 0 Å². The third kappa shape index (κ3) is 16.1. The highest BCUT2D eigenvalue weighted by atomic mass is 79.9. The average Bonchev–Trinajstić information content (AvgIpc) is 2.36. The van der Waals surface area contributed by atoms with Gasteiger partial charge in [0.05, 0.1) is 14.1 Å². The Morgan fingerprint density at radius 1 is 0.810 bits per heavy atom. The molecule has 0 aromatic rings. The summed E-state index contributed by atoms with van der Waals surface area (Å²) in [5.41, 5.74) is 3.08. The molecule has 0 aromatic carbocycles. The maximum atomic E-state index is 11.8. The molecule has 0 saturated carbocycles. The number of hydrogen-bond acceptors (Lipinski definition) is 1. The van der Waals surface area contributed by atoms with Crippen LogP contribution in [0, 0.1) is 0 Å². The smallest absolute Gasteiger partial charge is 0.264 e. The molecule has 0 bridgehead atoms. The summed E-state index contributed by atoms with van der Waals surface area (Å²) >= 11 is 0. The monoisotopic (exact) mass is 364 g/mol. The minimum Gasteiger partial charge on any atom is -1.00 e. The Kier molecular flexibility index (Phi) is 16.4. The number of unbranched alkanes of at least 4 members (excludes halogenated alkanes) is 8. The van der Waals surface area contributed by atoms with Crippen LogP contribution in [0.25, 0.3) is 0 Å². The largest absolute Gasteiger partial charge is 1.00 e. The highest BCUT2D eigenvalue weighted by Gasteiger charge is 2.16. The number of nitrogens with one attached hydrogen (secondary N) is 1. The van der Waals surface area contributed by atoms with Crippen LogP contribution in [0.1, 0.15) is 84.5 Å². The van der Waals surface area contributed by atoms with Gasteiger partial charge in [-0.15, -0.1) is 0 Å². The standard InChI is InChI=1S/C17H36N2O.BrH/c1-5-7-8-9-10-11-12-13-14-15-17(20)18-19(3,4)16-6-2;/h5-16H2,1-4H3;1H. The summed E-state index contributed by atoms with van der Waals surface area (Å²) < 4.78 is 0.604. The molecule has 3 nitrogen and oxygen atoms in total. The number of carbonyl (C=O) groups excluding carboxylic acids is 1. The molecule has 1 amide bonds. The van der Waals surface area contributed by atoms with Gasteiger partial charge >= 0.3 is 0 Å². The van der Waals surface area contributed by atoms with Crippen LogP contribution in [0.2, 0.25) is 0 Å². The molecule has 0 radical (unpaired) electrons. The maximum absolute atomic E-state index is 11.8. The lowest BCUT2D eigenvalue weighted by Crippen LogP contribution is -3.00. The SMILES string of the molecule is CCCCCCCCCCCC(=O)N[N+](C)(C)CCC.[Br-]. The minimum atomic E-state index is 0. The second-order valence-corrected chi connectivity index (χ2v) is 6.52. The fourth-order valence-electron chi connectivity index (χ4n) is 2.60. The van der Waals surface area contributed by atoms with Gasteiger partial charge in [-0.2, -0.15) is 0 Å². The van der Waals surface area contributed by atoms with Crippen molar-refractivity contribution in [2.45, 2.75) is 84.5 Å². The van der Waals surface area contributed by atoms with E-state index in [9.17, 15) is 4.79 Å². The first-order chi connectivity index (χ1) is 9.52. The van der Waals surface area contributed by atoms with E-state index in [0.717, 1.165) is 19.4 Å². The van der Waals surface area contributed by atoms with E-state index in [0.29, 0.717) is 11.0 Å². The summed E-state index contributed by atoms with van der Waals surface area (Å²) in [5, 5.41) is 0. The zero-order valence-electron chi connectivity index (χ0n) is 14.7. The van der Waals surface area contributed by atoms with Crippen LogP contribution in [-0.2, 0) is 4.79 Å². The van der Waals surface area contributed by atoms with Gasteiger partial charge in [0, 0.05) is 6.42 Å². The lowest BCUT2D eigenvalue weighted by atomic mass is 10.1. The normalized spacial score (nSPS) is 11.0. The predicted octanol–water partition coefficient (Wildman–Crippen LogP) is 1.43. The molecule has 4 heteroatoms. The van der Waals surface area contributed by atoms with Crippen molar-refractivity contribution in [1.82, 2.24) is 5.43 Å². The quantitative estimate of drug-likeness (QED) is 0.299. The molecule has 0 aromatic heterocycles. The van der Waals surface area contributed by atoms with Crippen molar-refractivity contribution in [3.8, 4) is 0 Å². The van der Waals surface area contributed by atoms with Crippen LogP contribution in [0.5, 0.6) is 0 Å². The van der Waals surface area contributed by atoms with E-state index in [1.807, 2.05) is 0 Å². The van der Waals surface area contributed by atoms with Crippen molar-refractivity contribution in [2.24, 2.45) is 0 Å². The van der Waals surface area contributed by atoms with Crippen LogP contribution in [-0.4, -0.2) is 31.1 Å². The highest BCUT2D eigenvalue weighted by Crippen LogP contribution is 2.10. The lowest BCUT2D eigenvalue weighted by Gasteiger charge is -2.28. The molecular formula is C17H37BrN2O. The Hall–Kier alpha value is -0.0900.